The molecule has 0 radical (unpaired) electrons. The Morgan fingerprint density at radius 2 is 1.95 bits per heavy atom. The van der Waals surface area contributed by atoms with E-state index in [0.717, 1.165) is 37.2 Å². The lowest BCUT2D eigenvalue weighted by Gasteiger charge is -2.26. The van der Waals surface area contributed by atoms with Gasteiger partial charge in [-0.1, -0.05) is 12.1 Å². The topological polar surface area (TPSA) is 44.5 Å². The van der Waals surface area contributed by atoms with Gasteiger partial charge in [0.2, 0.25) is 0 Å². The maximum absolute atomic E-state index is 6.32. The molecule has 3 nitrogen and oxygen atoms in total. The van der Waals surface area contributed by atoms with Crippen LogP contribution in [-0.4, -0.2) is 19.3 Å². The highest BCUT2D eigenvalue weighted by Crippen LogP contribution is 2.55. The molecule has 0 amide bonds. The quantitative estimate of drug-likeness (QED) is 0.895. The minimum absolute atomic E-state index is 0.0997. The van der Waals surface area contributed by atoms with E-state index in [1.165, 1.54) is 18.4 Å². The van der Waals surface area contributed by atoms with Crippen LogP contribution in [0.15, 0.2) is 18.2 Å². The highest BCUT2D eigenvalue weighted by atomic mass is 16.5. The second-order valence-electron chi connectivity index (χ2n) is 6.31. The molecular formula is C17H25NO2. The highest BCUT2D eigenvalue weighted by Gasteiger charge is 2.49. The molecule has 110 valence electrons. The number of hydrogen-bond donors (Lipinski definition) is 1. The van der Waals surface area contributed by atoms with Gasteiger partial charge in [0.1, 0.15) is 0 Å². The Balaban J connectivity index is 1.96. The van der Waals surface area contributed by atoms with Gasteiger partial charge in [0, 0.05) is 17.0 Å². The third kappa shape index (κ3) is 2.28. The van der Waals surface area contributed by atoms with Crippen LogP contribution in [0.5, 0.6) is 11.5 Å². The van der Waals surface area contributed by atoms with Gasteiger partial charge in [-0.15, -0.1) is 0 Å². The lowest BCUT2D eigenvalue weighted by Crippen LogP contribution is -2.32. The SMILES string of the molecule is COc1cccc(C2(C(C)N)CC2)c1OC1CCCC1. The van der Waals surface area contributed by atoms with E-state index >= 15 is 0 Å². The average Bonchev–Trinajstić information content (AvgIpc) is 3.11. The minimum Gasteiger partial charge on any atom is -0.493 e. The smallest absolute Gasteiger partial charge is 0.165 e. The molecule has 1 aromatic rings. The van der Waals surface area contributed by atoms with E-state index in [-0.39, 0.29) is 11.5 Å². The molecule has 20 heavy (non-hydrogen) atoms. The fraction of sp³-hybridized carbons (Fsp3) is 0.647. The van der Waals surface area contributed by atoms with E-state index in [4.69, 9.17) is 15.2 Å². The molecule has 3 rings (SSSR count). The van der Waals surface area contributed by atoms with Crippen LogP contribution in [0.2, 0.25) is 0 Å². The molecule has 0 aliphatic heterocycles. The number of benzene rings is 1. The number of ether oxygens (including phenoxy) is 2. The van der Waals surface area contributed by atoms with E-state index in [1.807, 2.05) is 6.07 Å². The zero-order valence-corrected chi connectivity index (χ0v) is 12.5. The molecular weight excluding hydrogens is 250 g/mol. The van der Waals surface area contributed by atoms with E-state index in [0.29, 0.717) is 6.10 Å². The first-order valence-corrected chi connectivity index (χ1v) is 7.77. The van der Waals surface area contributed by atoms with Crippen LogP contribution >= 0.6 is 0 Å². The zero-order valence-electron chi connectivity index (χ0n) is 12.5. The summed E-state index contributed by atoms with van der Waals surface area (Å²) >= 11 is 0. The maximum atomic E-state index is 6.32. The Bertz CT molecular complexity index is 474. The molecule has 0 heterocycles. The molecule has 2 fully saturated rings. The predicted molar refractivity (Wildman–Crippen MR) is 80.4 cm³/mol. The largest absolute Gasteiger partial charge is 0.493 e. The van der Waals surface area contributed by atoms with Crippen LogP contribution < -0.4 is 15.2 Å². The number of methoxy groups -OCH3 is 1. The van der Waals surface area contributed by atoms with Crippen molar-refractivity contribution in [1.82, 2.24) is 0 Å². The molecule has 0 aromatic heterocycles. The predicted octanol–water partition coefficient (Wildman–Crippen LogP) is 3.40. The number of hydrogen-bond acceptors (Lipinski definition) is 3. The van der Waals surface area contributed by atoms with Crippen LogP contribution in [0.3, 0.4) is 0 Å². The third-order valence-corrected chi connectivity index (χ3v) is 4.98. The molecule has 0 bridgehead atoms. The van der Waals surface area contributed by atoms with Gasteiger partial charge in [0.15, 0.2) is 11.5 Å². The summed E-state index contributed by atoms with van der Waals surface area (Å²) in [5.41, 5.74) is 7.59. The average molecular weight is 275 g/mol. The minimum atomic E-state index is 0.0997. The summed E-state index contributed by atoms with van der Waals surface area (Å²) in [5, 5.41) is 0. The molecule has 1 atom stereocenters. The summed E-state index contributed by atoms with van der Waals surface area (Å²) in [5.74, 6) is 1.79. The van der Waals surface area contributed by atoms with Gasteiger partial charge in [-0.2, -0.15) is 0 Å². The first-order chi connectivity index (χ1) is 9.67. The molecule has 1 aromatic carbocycles. The molecule has 0 saturated heterocycles. The summed E-state index contributed by atoms with van der Waals surface area (Å²) in [6.45, 7) is 2.10. The van der Waals surface area contributed by atoms with Gasteiger partial charge >= 0.3 is 0 Å². The normalized spacial score (nSPS) is 22.6. The summed E-state index contributed by atoms with van der Waals surface area (Å²) in [7, 11) is 1.71. The number of nitrogens with two attached hydrogens (primary N) is 1. The van der Waals surface area contributed by atoms with Crippen LogP contribution in [0, 0.1) is 0 Å². The molecule has 2 aliphatic rings. The standard InChI is InChI=1S/C17H25NO2/c1-12(18)17(10-11-17)14-8-5-9-15(19-2)16(14)20-13-6-3-4-7-13/h5,8-9,12-13H,3-4,6-7,10-11,18H2,1-2H3. The van der Waals surface area contributed by atoms with E-state index in [2.05, 4.69) is 19.1 Å². The second-order valence-corrected chi connectivity index (χ2v) is 6.31. The van der Waals surface area contributed by atoms with Crippen LogP contribution in [0.4, 0.5) is 0 Å². The van der Waals surface area contributed by atoms with Gasteiger partial charge in [-0.25, -0.2) is 0 Å². The van der Waals surface area contributed by atoms with Crippen molar-refractivity contribution in [2.75, 3.05) is 7.11 Å². The molecule has 2 saturated carbocycles. The van der Waals surface area contributed by atoms with Crippen molar-refractivity contribution >= 4 is 0 Å². The van der Waals surface area contributed by atoms with Crippen LogP contribution in [0.25, 0.3) is 0 Å². The van der Waals surface area contributed by atoms with Crippen molar-refractivity contribution in [3.8, 4) is 11.5 Å². The summed E-state index contributed by atoms with van der Waals surface area (Å²) < 4.78 is 11.9. The summed E-state index contributed by atoms with van der Waals surface area (Å²) in [6, 6.07) is 6.37. The lowest BCUT2D eigenvalue weighted by molar-refractivity contribution is 0.196. The number of rotatable bonds is 5. The Hall–Kier alpha value is -1.22. The molecule has 2 N–H and O–H groups in total. The van der Waals surface area contributed by atoms with E-state index < -0.39 is 0 Å². The molecule has 1 unspecified atom stereocenters. The third-order valence-electron chi connectivity index (χ3n) is 4.98. The first-order valence-electron chi connectivity index (χ1n) is 7.77. The molecule has 3 heteroatoms. The number of para-hydroxylation sites is 1. The Kier molecular flexibility index (Phi) is 3.63. The Morgan fingerprint density at radius 1 is 1.25 bits per heavy atom. The molecule has 0 spiro atoms. The monoisotopic (exact) mass is 275 g/mol. The van der Waals surface area contributed by atoms with Crippen molar-refractivity contribution in [3.63, 3.8) is 0 Å². The van der Waals surface area contributed by atoms with Crippen molar-refractivity contribution in [3.05, 3.63) is 23.8 Å². The van der Waals surface area contributed by atoms with Crippen molar-refractivity contribution < 1.29 is 9.47 Å². The highest BCUT2D eigenvalue weighted by molar-refractivity contribution is 5.53. The van der Waals surface area contributed by atoms with Crippen molar-refractivity contribution in [1.29, 1.82) is 0 Å². The van der Waals surface area contributed by atoms with Gasteiger partial charge in [-0.05, 0) is 51.5 Å². The zero-order chi connectivity index (χ0) is 14.2. The van der Waals surface area contributed by atoms with Crippen molar-refractivity contribution in [2.24, 2.45) is 5.73 Å². The van der Waals surface area contributed by atoms with Crippen LogP contribution in [0.1, 0.15) is 51.0 Å². The lowest BCUT2D eigenvalue weighted by atomic mass is 9.88. The molecule has 2 aliphatic carbocycles. The Labute approximate surface area is 121 Å². The van der Waals surface area contributed by atoms with E-state index in [9.17, 15) is 0 Å². The van der Waals surface area contributed by atoms with Gasteiger partial charge in [0.05, 0.1) is 13.2 Å². The summed E-state index contributed by atoms with van der Waals surface area (Å²) in [4.78, 5) is 0. The fourth-order valence-electron chi connectivity index (χ4n) is 3.47. The van der Waals surface area contributed by atoms with Gasteiger partial charge in [-0.3, -0.25) is 0 Å². The summed E-state index contributed by atoms with van der Waals surface area (Å²) in [6.07, 6.45) is 7.50. The van der Waals surface area contributed by atoms with Gasteiger partial charge in [0.25, 0.3) is 0 Å². The van der Waals surface area contributed by atoms with Crippen LogP contribution in [-0.2, 0) is 5.41 Å². The first kappa shape index (κ1) is 13.7. The fourth-order valence-corrected chi connectivity index (χ4v) is 3.47. The Morgan fingerprint density at radius 3 is 2.50 bits per heavy atom. The maximum Gasteiger partial charge on any atom is 0.165 e. The second kappa shape index (κ2) is 5.28. The van der Waals surface area contributed by atoms with Crippen molar-refractivity contribution in [2.45, 2.75) is 63.0 Å². The van der Waals surface area contributed by atoms with E-state index in [1.54, 1.807) is 7.11 Å². The van der Waals surface area contributed by atoms with Gasteiger partial charge < -0.3 is 15.2 Å².